The molecule has 2 heteroatoms. The van der Waals surface area contributed by atoms with Crippen LogP contribution in [0.5, 0.6) is 0 Å². The number of hydrogen-bond donors (Lipinski definition) is 0. The minimum Gasteiger partial charge on any atom is -0.466 e. The molecule has 0 radical (unpaired) electrons. The molecule has 0 N–H and O–H groups in total. The van der Waals surface area contributed by atoms with E-state index in [9.17, 15) is 4.79 Å². The molecule has 0 aromatic heterocycles. The Morgan fingerprint density at radius 1 is 0.640 bits per heavy atom. The summed E-state index contributed by atoms with van der Waals surface area (Å²) in [4.78, 5) is 11.3. The maximum absolute atomic E-state index is 11.3. The lowest BCUT2D eigenvalue weighted by molar-refractivity contribution is -0.143. The molecule has 0 aromatic carbocycles. The van der Waals surface area contributed by atoms with Gasteiger partial charge in [-0.1, -0.05) is 90.2 Å². The number of esters is 1. The van der Waals surface area contributed by atoms with Crippen molar-refractivity contribution in [2.24, 2.45) is 0 Å². The van der Waals surface area contributed by atoms with Crippen molar-refractivity contribution in [2.75, 3.05) is 6.61 Å². The number of carbonyl (C=O) groups excluding carboxylic acids is 1. The molecule has 0 amide bonds. The lowest BCUT2D eigenvalue weighted by Gasteiger charge is -2.04. The summed E-state index contributed by atoms with van der Waals surface area (Å²) in [5.74, 6) is -0.0189. The summed E-state index contributed by atoms with van der Waals surface area (Å²) in [5, 5.41) is 0. The Hall–Kier alpha value is -0.790. The lowest BCUT2D eigenvalue weighted by atomic mass is 10.1. The van der Waals surface area contributed by atoms with E-state index in [1.165, 1.54) is 83.5 Å². The monoisotopic (exact) mass is 352 g/mol. The van der Waals surface area contributed by atoms with Crippen molar-refractivity contribution < 1.29 is 9.53 Å². The summed E-state index contributed by atoms with van der Waals surface area (Å²) in [5.41, 5.74) is 0. The summed E-state index contributed by atoms with van der Waals surface area (Å²) in [7, 11) is 0. The molecule has 0 aromatic rings. The van der Waals surface area contributed by atoms with Crippen LogP contribution in [0, 0.1) is 0 Å². The third kappa shape index (κ3) is 21.2. The molecule has 2 nitrogen and oxygen atoms in total. The summed E-state index contributed by atoms with van der Waals surface area (Å²) in [6, 6.07) is 0. The van der Waals surface area contributed by atoms with E-state index in [0.29, 0.717) is 13.0 Å². The van der Waals surface area contributed by atoms with Gasteiger partial charge in [0.15, 0.2) is 0 Å². The van der Waals surface area contributed by atoms with Crippen LogP contribution in [0.4, 0.5) is 0 Å². The Morgan fingerprint density at radius 2 is 1.12 bits per heavy atom. The van der Waals surface area contributed by atoms with Crippen molar-refractivity contribution in [1.29, 1.82) is 0 Å². The average molecular weight is 353 g/mol. The Bertz CT molecular complexity index is 296. The first-order chi connectivity index (χ1) is 12.3. The first kappa shape index (κ1) is 24.2. The van der Waals surface area contributed by atoms with Gasteiger partial charge in [0.25, 0.3) is 0 Å². The molecule has 0 unspecified atom stereocenters. The van der Waals surface area contributed by atoms with E-state index >= 15 is 0 Å². The topological polar surface area (TPSA) is 26.3 Å². The van der Waals surface area contributed by atoms with Crippen LogP contribution in [0.25, 0.3) is 0 Å². The fourth-order valence-corrected chi connectivity index (χ4v) is 2.93. The van der Waals surface area contributed by atoms with Crippen LogP contribution in [-0.4, -0.2) is 12.6 Å². The van der Waals surface area contributed by atoms with Gasteiger partial charge in [0.05, 0.1) is 6.61 Å². The van der Waals surface area contributed by atoms with Gasteiger partial charge in [-0.25, -0.2) is 0 Å². The molecule has 0 aliphatic heterocycles. The van der Waals surface area contributed by atoms with Crippen molar-refractivity contribution in [3.8, 4) is 0 Å². The van der Waals surface area contributed by atoms with Gasteiger partial charge in [-0.15, -0.1) is 0 Å². The SMILES string of the molecule is CCCCCCCC/C=C\CCCCCCCCOC(=O)CCCC. The zero-order valence-corrected chi connectivity index (χ0v) is 17.2. The maximum Gasteiger partial charge on any atom is 0.305 e. The Kier molecular flexibility index (Phi) is 20.6. The number of hydrogen-bond acceptors (Lipinski definition) is 2. The molecule has 0 saturated heterocycles. The lowest BCUT2D eigenvalue weighted by Crippen LogP contribution is -2.05. The first-order valence-electron chi connectivity index (χ1n) is 11.1. The largest absolute Gasteiger partial charge is 0.466 e. The van der Waals surface area contributed by atoms with Crippen LogP contribution in [0.3, 0.4) is 0 Å². The molecular formula is C23H44O2. The van der Waals surface area contributed by atoms with Crippen molar-refractivity contribution in [2.45, 2.75) is 123 Å². The van der Waals surface area contributed by atoms with Gasteiger partial charge >= 0.3 is 5.97 Å². The normalized spacial score (nSPS) is 11.3. The van der Waals surface area contributed by atoms with Gasteiger partial charge in [0.1, 0.15) is 0 Å². The van der Waals surface area contributed by atoms with E-state index in [4.69, 9.17) is 4.74 Å². The van der Waals surface area contributed by atoms with Crippen LogP contribution in [-0.2, 0) is 9.53 Å². The second-order valence-electron chi connectivity index (χ2n) is 7.26. The summed E-state index contributed by atoms with van der Waals surface area (Å²) in [6.45, 7) is 4.98. The predicted molar refractivity (Wildman–Crippen MR) is 110 cm³/mol. The molecule has 148 valence electrons. The molecule has 0 bridgehead atoms. The van der Waals surface area contributed by atoms with E-state index < -0.39 is 0 Å². The van der Waals surface area contributed by atoms with Crippen molar-refractivity contribution in [3.63, 3.8) is 0 Å². The van der Waals surface area contributed by atoms with Crippen LogP contribution in [0.15, 0.2) is 12.2 Å². The highest BCUT2D eigenvalue weighted by atomic mass is 16.5. The summed E-state index contributed by atoms with van der Waals surface area (Å²) >= 11 is 0. The van der Waals surface area contributed by atoms with Gasteiger partial charge in [-0.3, -0.25) is 4.79 Å². The minimum absolute atomic E-state index is 0.0189. The third-order valence-corrected chi connectivity index (χ3v) is 4.65. The third-order valence-electron chi connectivity index (χ3n) is 4.65. The second-order valence-corrected chi connectivity index (χ2v) is 7.26. The van der Waals surface area contributed by atoms with E-state index in [2.05, 4.69) is 26.0 Å². The standard InChI is InChI=1S/C23H44O2/c1-3-5-7-8-9-10-11-12-13-14-15-16-17-18-19-20-22-25-23(24)21-6-4-2/h12-13H,3-11,14-22H2,1-2H3/b13-12-. The van der Waals surface area contributed by atoms with E-state index in [1.807, 2.05) is 0 Å². The molecule has 0 spiro atoms. The highest BCUT2D eigenvalue weighted by Gasteiger charge is 2.00. The number of allylic oxidation sites excluding steroid dienone is 2. The van der Waals surface area contributed by atoms with Gasteiger partial charge in [-0.05, 0) is 38.5 Å². The fraction of sp³-hybridized carbons (Fsp3) is 0.870. The molecular weight excluding hydrogens is 308 g/mol. The number of carbonyl (C=O) groups is 1. The minimum atomic E-state index is -0.0189. The second kappa shape index (κ2) is 21.3. The van der Waals surface area contributed by atoms with Crippen molar-refractivity contribution in [1.82, 2.24) is 0 Å². The number of unbranched alkanes of at least 4 members (excludes halogenated alkanes) is 13. The molecule has 0 atom stereocenters. The molecule has 0 rings (SSSR count). The maximum atomic E-state index is 11.3. The number of ether oxygens (including phenoxy) is 1. The van der Waals surface area contributed by atoms with E-state index in [0.717, 1.165) is 19.3 Å². The molecule has 0 saturated carbocycles. The van der Waals surface area contributed by atoms with Gasteiger partial charge in [0.2, 0.25) is 0 Å². The Morgan fingerprint density at radius 3 is 1.68 bits per heavy atom. The molecule has 0 aliphatic rings. The van der Waals surface area contributed by atoms with Gasteiger partial charge in [-0.2, -0.15) is 0 Å². The molecule has 25 heavy (non-hydrogen) atoms. The van der Waals surface area contributed by atoms with Crippen LogP contribution < -0.4 is 0 Å². The quantitative estimate of drug-likeness (QED) is 0.135. The first-order valence-corrected chi connectivity index (χ1v) is 11.1. The predicted octanol–water partition coefficient (Wildman–Crippen LogP) is 7.76. The van der Waals surface area contributed by atoms with Crippen LogP contribution in [0.2, 0.25) is 0 Å². The van der Waals surface area contributed by atoms with E-state index in [-0.39, 0.29) is 5.97 Å². The van der Waals surface area contributed by atoms with Crippen molar-refractivity contribution in [3.05, 3.63) is 12.2 Å². The smallest absolute Gasteiger partial charge is 0.305 e. The fourth-order valence-electron chi connectivity index (χ4n) is 2.93. The zero-order valence-electron chi connectivity index (χ0n) is 17.2. The van der Waals surface area contributed by atoms with Crippen molar-refractivity contribution >= 4 is 5.97 Å². The molecule has 0 fully saturated rings. The van der Waals surface area contributed by atoms with E-state index in [1.54, 1.807) is 0 Å². The zero-order chi connectivity index (χ0) is 18.4. The summed E-state index contributed by atoms with van der Waals surface area (Å²) < 4.78 is 5.22. The van der Waals surface area contributed by atoms with Gasteiger partial charge in [0, 0.05) is 6.42 Å². The van der Waals surface area contributed by atoms with Crippen LogP contribution in [0.1, 0.15) is 123 Å². The Labute approximate surface area is 157 Å². The summed E-state index contributed by atoms with van der Waals surface area (Å²) in [6.07, 6.45) is 25.7. The molecule has 0 heterocycles. The van der Waals surface area contributed by atoms with Gasteiger partial charge < -0.3 is 4.74 Å². The average Bonchev–Trinajstić information content (AvgIpc) is 2.62. The van der Waals surface area contributed by atoms with Crippen LogP contribution >= 0.6 is 0 Å². The molecule has 0 aliphatic carbocycles. The Balaban J connectivity index is 3.13. The highest BCUT2D eigenvalue weighted by Crippen LogP contribution is 2.10. The highest BCUT2D eigenvalue weighted by molar-refractivity contribution is 5.69. The number of rotatable bonds is 19.